The third kappa shape index (κ3) is 4.44. The Morgan fingerprint density at radius 3 is 2.15 bits per heavy atom. The van der Waals surface area contributed by atoms with Gasteiger partial charge in [-0.15, -0.1) is 17.0 Å². The molecule has 1 nitrogen and oxygen atoms in total. The van der Waals surface area contributed by atoms with E-state index in [0.29, 0.717) is 6.04 Å². The van der Waals surface area contributed by atoms with Crippen molar-refractivity contribution in [3.8, 4) is 0 Å². The summed E-state index contributed by atoms with van der Waals surface area (Å²) in [6.07, 6.45) is 1.13. The molecule has 1 unspecified atom stereocenters. The van der Waals surface area contributed by atoms with Gasteiger partial charge in [0.15, 0.2) is 0 Å². The Hall–Kier alpha value is -0.340. The number of benzene rings is 1. The Bertz CT molecular complexity index is 221. The molecule has 13 heavy (non-hydrogen) atoms. The van der Waals surface area contributed by atoms with Crippen LogP contribution in [0.4, 0.5) is 0 Å². The van der Waals surface area contributed by atoms with E-state index in [0.717, 1.165) is 6.42 Å². The van der Waals surface area contributed by atoms with Crippen LogP contribution in [-0.2, 0) is 6.42 Å². The van der Waals surface area contributed by atoms with Gasteiger partial charge >= 0.3 is 0 Å². The lowest BCUT2D eigenvalue weighted by Crippen LogP contribution is -2.26. The van der Waals surface area contributed by atoms with Crippen molar-refractivity contribution in [3.63, 3.8) is 0 Å². The molecule has 0 aliphatic rings. The lowest BCUT2D eigenvalue weighted by atomic mass is 10.1. The molecule has 0 aliphatic carbocycles. The van der Waals surface area contributed by atoms with Crippen LogP contribution in [0, 0.1) is 0 Å². The highest BCUT2D eigenvalue weighted by molar-refractivity contribution is 8.93. The van der Waals surface area contributed by atoms with Gasteiger partial charge in [0.2, 0.25) is 0 Å². The fourth-order valence-electron chi connectivity index (χ4n) is 1.14. The quantitative estimate of drug-likeness (QED) is 0.790. The van der Waals surface area contributed by atoms with Crippen LogP contribution in [0.3, 0.4) is 0 Å². The summed E-state index contributed by atoms with van der Waals surface area (Å²) in [5.74, 6) is 0. The molecular formula is C11H18BrN. The number of likely N-dealkylation sites (N-methyl/N-ethyl adjacent to an activating group) is 1. The van der Waals surface area contributed by atoms with Crippen molar-refractivity contribution in [2.45, 2.75) is 19.4 Å². The van der Waals surface area contributed by atoms with Gasteiger partial charge in [-0.2, -0.15) is 0 Å². The molecule has 0 heterocycles. The van der Waals surface area contributed by atoms with Crippen LogP contribution in [0.1, 0.15) is 12.5 Å². The summed E-state index contributed by atoms with van der Waals surface area (Å²) in [7, 11) is 4.24. The van der Waals surface area contributed by atoms with Gasteiger partial charge in [-0.05, 0) is 33.0 Å². The van der Waals surface area contributed by atoms with Crippen LogP contribution in [0.15, 0.2) is 30.3 Å². The van der Waals surface area contributed by atoms with E-state index in [1.165, 1.54) is 5.56 Å². The molecule has 0 N–H and O–H groups in total. The van der Waals surface area contributed by atoms with E-state index in [9.17, 15) is 0 Å². The third-order valence-electron chi connectivity index (χ3n) is 2.26. The Morgan fingerprint density at radius 2 is 1.69 bits per heavy atom. The van der Waals surface area contributed by atoms with Crippen molar-refractivity contribution in [3.05, 3.63) is 35.9 Å². The topological polar surface area (TPSA) is 3.24 Å². The SMILES string of the molecule is Br.CC(Cc1ccccc1)N(C)C. The van der Waals surface area contributed by atoms with Crippen molar-refractivity contribution >= 4 is 17.0 Å². The summed E-state index contributed by atoms with van der Waals surface area (Å²) in [5, 5.41) is 0. The Kier molecular flexibility index (Phi) is 6.00. The average Bonchev–Trinajstić information content (AvgIpc) is 2.06. The molecule has 0 amide bonds. The minimum Gasteiger partial charge on any atom is -0.306 e. The van der Waals surface area contributed by atoms with Gasteiger partial charge in [0.25, 0.3) is 0 Å². The molecule has 0 radical (unpaired) electrons. The Balaban J connectivity index is 0.00000144. The maximum Gasteiger partial charge on any atom is 0.0101 e. The molecule has 0 spiro atoms. The standard InChI is InChI=1S/C11H17N.BrH/c1-10(12(2)3)9-11-7-5-4-6-8-11;/h4-8,10H,9H2,1-3H3;1H. The highest BCUT2D eigenvalue weighted by Crippen LogP contribution is 2.05. The zero-order valence-corrected chi connectivity index (χ0v) is 10.2. The second-order valence-corrected chi connectivity index (χ2v) is 3.50. The molecule has 1 atom stereocenters. The van der Waals surface area contributed by atoms with E-state index in [2.05, 4.69) is 56.3 Å². The average molecular weight is 244 g/mol. The highest BCUT2D eigenvalue weighted by Gasteiger charge is 2.04. The molecule has 74 valence electrons. The highest BCUT2D eigenvalue weighted by atomic mass is 79.9. The Labute approximate surface area is 91.5 Å². The van der Waals surface area contributed by atoms with E-state index in [1.807, 2.05) is 0 Å². The van der Waals surface area contributed by atoms with Crippen molar-refractivity contribution < 1.29 is 0 Å². The van der Waals surface area contributed by atoms with Crippen LogP contribution in [0.25, 0.3) is 0 Å². The summed E-state index contributed by atoms with van der Waals surface area (Å²) >= 11 is 0. The van der Waals surface area contributed by atoms with E-state index < -0.39 is 0 Å². The monoisotopic (exact) mass is 243 g/mol. The number of hydrogen-bond donors (Lipinski definition) is 0. The van der Waals surface area contributed by atoms with E-state index in [1.54, 1.807) is 0 Å². The first-order chi connectivity index (χ1) is 5.70. The predicted octanol–water partition coefficient (Wildman–Crippen LogP) is 2.76. The first-order valence-corrected chi connectivity index (χ1v) is 4.40. The number of nitrogens with zero attached hydrogens (tertiary/aromatic N) is 1. The molecule has 0 aliphatic heterocycles. The van der Waals surface area contributed by atoms with E-state index in [4.69, 9.17) is 0 Å². The summed E-state index contributed by atoms with van der Waals surface area (Å²) in [4.78, 5) is 2.24. The molecule has 1 aromatic carbocycles. The normalized spacial score (nSPS) is 12.3. The van der Waals surface area contributed by atoms with Gasteiger partial charge in [0.05, 0.1) is 0 Å². The molecule has 0 saturated carbocycles. The molecule has 0 saturated heterocycles. The molecule has 0 aromatic heterocycles. The summed E-state index contributed by atoms with van der Waals surface area (Å²) < 4.78 is 0. The first kappa shape index (κ1) is 12.7. The molecule has 0 fully saturated rings. The summed E-state index contributed by atoms with van der Waals surface area (Å²) in [6.45, 7) is 2.24. The first-order valence-electron chi connectivity index (χ1n) is 4.40. The van der Waals surface area contributed by atoms with Crippen molar-refractivity contribution in [1.82, 2.24) is 4.90 Å². The molecular weight excluding hydrogens is 226 g/mol. The van der Waals surface area contributed by atoms with Crippen LogP contribution < -0.4 is 0 Å². The minimum absolute atomic E-state index is 0. The second-order valence-electron chi connectivity index (χ2n) is 3.50. The van der Waals surface area contributed by atoms with Gasteiger partial charge < -0.3 is 4.90 Å². The third-order valence-corrected chi connectivity index (χ3v) is 2.26. The molecule has 1 aromatic rings. The van der Waals surface area contributed by atoms with Crippen molar-refractivity contribution in [1.29, 1.82) is 0 Å². The number of halogens is 1. The van der Waals surface area contributed by atoms with E-state index in [-0.39, 0.29) is 17.0 Å². The second kappa shape index (κ2) is 6.17. The minimum atomic E-state index is 0. The Morgan fingerprint density at radius 1 is 1.15 bits per heavy atom. The fraction of sp³-hybridized carbons (Fsp3) is 0.455. The van der Waals surface area contributed by atoms with Crippen LogP contribution in [0.5, 0.6) is 0 Å². The van der Waals surface area contributed by atoms with Crippen molar-refractivity contribution in [2.24, 2.45) is 0 Å². The largest absolute Gasteiger partial charge is 0.306 e. The molecule has 1 rings (SSSR count). The summed E-state index contributed by atoms with van der Waals surface area (Å²) in [5.41, 5.74) is 1.42. The fourth-order valence-corrected chi connectivity index (χ4v) is 1.14. The van der Waals surface area contributed by atoms with Gasteiger partial charge in [-0.25, -0.2) is 0 Å². The van der Waals surface area contributed by atoms with Gasteiger partial charge in [-0.3, -0.25) is 0 Å². The van der Waals surface area contributed by atoms with E-state index >= 15 is 0 Å². The van der Waals surface area contributed by atoms with Crippen molar-refractivity contribution in [2.75, 3.05) is 14.1 Å². The lowest BCUT2D eigenvalue weighted by molar-refractivity contribution is 0.312. The zero-order valence-electron chi connectivity index (χ0n) is 8.53. The van der Waals surface area contributed by atoms with Gasteiger partial charge in [-0.1, -0.05) is 30.3 Å². The maximum absolute atomic E-state index is 2.24. The van der Waals surface area contributed by atoms with Crippen LogP contribution >= 0.6 is 17.0 Å². The number of rotatable bonds is 3. The lowest BCUT2D eigenvalue weighted by Gasteiger charge is -2.19. The van der Waals surface area contributed by atoms with Gasteiger partial charge in [0.1, 0.15) is 0 Å². The smallest absolute Gasteiger partial charge is 0.0101 e. The molecule has 0 bridgehead atoms. The zero-order chi connectivity index (χ0) is 8.97. The summed E-state index contributed by atoms with van der Waals surface area (Å²) in [6, 6.07) is 11.2. The van der Waals surface area contributed by atoms with Crippen LogP contribution in [-0.4, -0.2) is 25.0 Å². The number of hydrogen-bond acceptors (Lipinski definition) is 1. The predicted molar refractivity (Wildman–Crippen MR) is 63.6 cm³/mol. The maximum atomic E-state index is 2.24. The molecule has 2 heteroatoms. The van der Waals surface area contributed by atoms with Gasteiger partial charge in [0, 0.05) is 6.04 Å². The van der Waals surface area contributed by atoms with Crippen LogP contribution in [0.2, 0.25) is 0 Å².